The van der Waals surface area contributed by atoms with Crippen LogP contribution in [0.15, 0.2) is 46.7 Å². The Balaban J connectivity index is 1.48. The summed E-state index contributed by atoms with van der Waals surface area (Å²) in [4.78, 5) is 15.9. The van der Waals surface area contributed by atoms with Crippen molar-refractivity contribution >= 4 is 27.4 Å². The summed E-state index contributed by atoms with van der Waals surface area (Å²) in [7, 11) is -3.30. The van der Waals surface area contributed by atoms with E-state index in [1.807, 2.05) is 0 Å². The Morgan fingerprint density at radius 3 is 2.59 bits per heavy atom. The first kappa shape index (κ1) is 30.3. The molecule has 4 aromatic rings. The predicted molar refractivity (Wildman–Crippen MR) is 168 cm³/mol. The fourth-order valence-electron chi connectivity index (χ4n) is 5.47. The monoisotopic (exact) mass is 637 g/mol. The number of nitrogens with two attached hydrogens (primary N) is 1. The molecule has 2 aromatic heterocycles. The molecule has 1 aliphatic carbocycles. The minimum atomic E-state index is -3.30. The number of nitrogens with zero attached hydrogens (tertiary/aromatic N) is 3. The van der Waals surface area contributed by atoms with Gasteiger partial charge in [-0.1, -0.05) is 17.9 Å². The highest BCUT2D eigenvalue weighted by molar-refractivity contribution is 8.00. The Bertz CT molecular complexity index is 1840. The van der Waals surface area contributed by atoms with Crippen LogP contribution in [0.25, 0.3) is 16.4 Å². The summed E-state index contributed by atoms with van der Waals surface area (Å²) in [5.74, 6) is 4.70. The molecule has 0 bridgehead atoms. The Morgan fingerprint density at radius 1 is 1.16 bits per heavy atom. The average molecular weight is 638 g/mol. The molecule has 0 radical (unpaired) electrons. The summed E-state index contributed by atoms with van der Waals surface area (Å²) < 4.78 is 44.1. The number of piperidine rings is 1. The molecule has 6 rings (SSSR count). The first-order valence-corrected chi connectivity index (χ1v) is 17.6. The second-order valence-electron chi connectivity index (χ2n) is 11.6. The van der Waals surface area contributed by atoms with Gasteiger partial charge >= 0.3 is 5.97 Å². The van der Waals surface area contributed by atoms with Crippen LogP contribution in [-0.2, 0) is 23.0 Å². The van der Waals surface area contributed by atoms with Crippen LogP contribution in [0.5, 0.6) is 0 Å². The number of carboxylic acid groups (broad SMARTS) is 1. The van der Waals surface area contributed by atoms with Crippen LogP contribution in [0.2, 0.25) is 0 Å². The van der Waals surface area contributed by atoms with E-state index in [4.69, 9.17) is 10.2 Å². The molecule has 1 saturated carbocycles. The third-order valence-electron chi connectivity index (χ3n) is 8.02. The summed E-state index contributed by atoms with van der Waals surface area (Å²) >= 11 is 1.17. The number of thiol groups is 1. The van der Waals surface area contributed by atoms with Crippen LogP contribution in [0.4, 0.5) is 8.78 Å². The van der Waals surface area contributed by atoms with Gasteiger partial charge in [0, 0.05) is 35.1 Å². The van der Waals surface area contributed by atoms with E-state index in [1.165, 1.54) is 41.2 Å². The van der Waals surface area contributed by atoms with Gasteiger partial charge in [0.25, 0.3) is 0 Å². The lowest BCUT2D eigenvalue weighted by atomic mass is 9.95. The number of aromatic carboxylic acids is 1. The Kier molecular flexibility index (Phi) is 8.48. The number of halogens is 2. The summed E-state index contributed by atoms with van der Waals surface area (Å²) in [6.45, 7) is 1.77. The van der Waals surface area contributed by atoms with Crippen LogP contribution in [0, 0.1) is 35.3 Å². The lowest BCUT2D eigenvalue weighted by Gasteiger charge is -2.17. The Labute approximate surface area is 259 Å². The quantitative estimate of drug-likeness (QED) is 0.164. The van der Waals surface area contributed by atoms with E-state index < -0.39 is 27.7 Å². The lowest BCUT2D eigenvalue weighted by Crippen LogP contribution is -2.26. The SMILES string of the molecule is C[SH](N)(=O)c1ccc(Cc2c(-c3ccc(F)c(C#CC4CCNCC4)c3)nn(-c3nc(C(=O)O)cs3)c2CC2CC2)cc1F. The molecule has 0 spiro atoms. The third kappa shape index (κ3) is 6.66. The molecule has 4 N–H and O–H groups in total. The number of rotatable bonds is 8. The normalized spacial score (nSPS) is 16.0. The third-order valence-corrected chi connectivity index (χ3v) is 10.2. The highest BCUT2D eigenvalue weighted by atomic mass is 32.3. The summed E-state index contributed by atoms with van der Waals surface area (Å²) in [5, 5.41) is 25.4. The molecule has 2 aliphatic rings. The van der Waals surface area contributed by atoms with Crippen molar-refractivity contribution in [2.45, 2.75) is 43.4 Å². The first-order chi connectivity index (χ1) is 21.1. The molecule has 0 unspecified atom stereocenters. The summed E-state index contributed by atoms with van der Waals surface area (Å²) in [6, 6.07) is 9.23. The smallest absolute Gasteiger partial charge is 0.355 e. The topological polar surface area (TPSA) is 123 Å². The zero-order valence-corrected chi connectivity index (χ0v) is 25.9. The van der Waals surface area contributed by atoms with Crippen molar-refractivity contribution in [3.63, 3.8) is 0 Å². The number of hydrogen-bond donors (Lipinski definition) is 4. The van der Waals surface area contributed by atoms with Gasteiger partial charge in [-0.15, -0.1) is 11.3 Å². The van der Waals surface area contributed by atoms with E-state index in [1.54, 1.807) is 22.9 Å². The Morgan fingerprint density at radius 2 is 1.93 bits per heavy atom. The van der Waals surface area contributed by atoms with Gasteiger partial charge in [0.05, 0.1) is 21.8 Å². The van der Waals surface area contributed by atoms with E-state index in [9.17, 15) is 18.5 Å². The van der Waals surface area contributed by atoms with Crippen LogP contribution >= 0.6 is 11.3 Å². The number of benzene rings is 2. The standard InChI is InChI=1S/C32H33F2N5O3S2/c1-44(35,42)29-9-5-21(15-26(29)34)14-24-28(16-20-2-3-20)39(32-37-27(18-43-32)31(40)41)38-30(24)23-7-8-25(33)22(17-23)6-4-19-10-12-36-13-11-19/h5,7-9,15,17-20,36,44H,2-3,10-14,16H2,1H3,(H2,35,42)(H,40,41). The van der Waals surface area contributed by atoms with Crippen LogP contribution in [0.3, 0.4) is 0 Å². The molecular weight excluding hydrogens is 605 g/mol. The van der Waals surface area contributed by atoms with E-state index in [-0.39, 0.29) is 28.5 Å². The first-order valence-electron chi connectivity index (χ1n) is 14.5. The number of hydrogen-bond acceptors (Lipinski definition) is 6. The molecule has 8 nitrogen and oxygen atoms in total. The summed E-state index contributed by atoms with van der Waals surface area (Å²) in [5.41, 5.74) is 3.64. The van der Waals surface area contributed by atoms with Gasteiger partial charge in [0.1, 0.15) is 11.6 Å². The van der Waals surface area contributed by atoms with Crippen molar-refractivity contribution in [2.75, 3.05) is 19.3 Å². The maximum absolute atomic E-state index is 15.1. The van der Waals surface area contributed by atoms with E-state index in [2.05, 4.69) is 22.1 Å². The maximum atomic E-state index is 15.1. The van der Waals surface area contributed by atoms with Gasteiger partial charge in [-0.2, -0.15) is 5.10 Å². The van der Waals surface area contributed by atoms with Crippen molar-refractivity contribution < 1.29 is 22.9 Å². The maximum Gasteiger partial charge on any atom is 0.355 e. The van der Waals surface area contributed by atoms with E-state index in [0.29, 0.717) is 34.3 Å². The van der Waals surface area contributed by atoms with Gasteiger partial charge in [-0.25, -0.2) is 23.2 Å². The van der Waals surface area contributed by atoms with Gasteiger partial charge in [-0.3, -0.25) is 9.35 Å². The lowest BCUT2D eigenvalue weighted by molar-refractivity contribution is 0.0691. The number of thiazole rings is 1. The zero-order chi connectivity index (χ0) is 31.0. The highest BCUT2D eigenvalue weighted by Crippen LogP contribution is 2.38. The molecule has 2 aromatic carbocycles. The summed E-state index contributed by atoms with van der Waals surface area (Å²) in [6.07, 6.45) is 6.19. The molecule has 0 atom stereocenters. The molecule has 0 amide bonds. The molecule has 12 heteroatoms. The highest BCUT2D eigenvalue weighted by Gasteiger charge is 2.30. The van der Waals surface area contributed by atoms with E-state index in [0.717, 1.165) is 50.0 Å². The van der Waals surface area contributed by atoms with Crippen LogP contribution < -0.4 is 10.5 Å². The second-order valence-corrected chi connectivity index (χ2v) is 14.9. The van der Waals surface area contributed by atoms with E-state index >= 15 is 4.39 Å². The molecule has 44 heavy (non-hydrogen) atoms. The molecule has 2 fully saturated rings. The minimum Gasteiger partial charge on any atom is -0.476 e. The Hall–Kier alpha value is -3.76. The van der Waals surface area contributed by atoms with Crippen molar-refractivity contribution in [3.8, 4) is 28.2 Å². The zero-order valence-electron chi connectivity index (χ0n) is 24.1. The van der Waals surface area contributed by atoms with Gasteiger partial charge in [-0.05, 0) is 97.1 Å². The van der Waals surface area contributed by atoms with Crippen molar-refractivity contribution in [1.29, 1.82) is 0 Å². The predicted octanol–water partition coefficient (Wildman–Crippen LogP) is 4.75. The number of nitrogens with one attached hydrogen (secondary N) is 1. The minimum absolute atomic E-state index is 0.0187. The fourth-order valence-corrected chi connectivity index (χ4v) is 7.10. The molecule has 230 valence electrons. The number of carboxylic acids is 1. The van der Waals surface area contributed by atoms with Gasteiger partial charge in [0.2, 0.25) is 5.13 Å². The van der Waals surface area contributed by atoms with Crippen molar-refractivity contribution in [3.05, 3.63) is 81.5 Å². The van der Waals surface area contributed by atoms with Crippen LogP contribution in [-0.4, -0.2) is 49.4 Å². The average Bonchev–Trinajstić information content (AvgIpc) is 3.54. The van der Waals surface area contributed by atoms with Gasteiger partial charge in [0.15, 0.2) is 5.69 Å². The molecule has 3 heterocycles. The number of aromatic nitrogens is 3. The second kappa shape index (κ2) is 12.3. The van der Waals surface area contributed by atoms with Crippen LogP contribution in [0.1, 0.15) is 58.6 Å². The molecule has 1 saturated heterocycles. The number of carbonyl (C=O) groups is 1. The van der Waals surface area contributed by atoms with Crippen molar-refractivity contribution in [1.82, 2.24) is 20.1 Å². The molecular formula is C32H33F2N5O3S2. The largest absolute Gasteiger partial charge is 0.476 e. The van der Waals surface area contributed by atoms with Crippen molar-refractivity contribution in [2.24, 2.45) is 17.0 Å². The van der Waals surface area contributed by atoms with Gasteiger partial charge < -0.3 is 10.4 Å². The molecule has 1 aliphatic heterocycles. The fraction of sp³-hybridized carbons (Fsp3) is 0.344.